The molecule has 5 nitrogen and oxygen atoms in total. The summed E-state index contributed by atoms with van der Waals surface area (Å²) < 4.78 is 13.3. The minimum Gasteiger partial charge on any atom is -0.507 e. The molecule has 3 N–H and O–H groups in total. The highest BCUT2D eigenvalue weighted by Crippen LogP contribution is 2.39. The lowest BCUT2D eigenvalue weighted by Gasteiger charge is -2.24. The van der Waals surface area contributed by atoms with Crippen LogP contribution in [0.15, 0.2) is 60.2 Å². The van der Waals surface area contributed by atoms with Gasteiger partial charge in [0.15, 0.2) is 0 Å². The van der Waals surface area contributed by atoms with Crippen LogP contribution in [0, 0.1) is 5.82 Å². The molecule has 1 fully saturated rings. The molecular weight excluding hydrogens is 323 g/mol. The van der Waals surface area contributed by atoms with Crippen LogP contribution in [0.1, 0.15) is 17.2 Å². The predicted molar refractivity (Wildman–Crippen MR) is 90.9 cm³/mol. The van der Waals surface area contributed by atoms with E-state index in [2.05, 4.69) is 0 Å². The molecule has 2 aromatic rings. The Bertz CT molecular complexity index is 832. The number of Topliss-reactive ketones (excluding diaryl/α,β-unsaturated/α-hetero) is 1. The minimum absolute atomic E-state index is 0.0174. The quantitative estimate of drug-likeness (QED) is 0.508. The number of ketones is 1. The van der Waals surface area contributed by atoms with E-state index in [9.17, 15) is 19.1 Å². The van der Waals surface area contributed by atoms with Crippen molar-refractivity contribution in [3.8, 4) is 0 Å². The number of nitrogens with two attached hydrogens (primary N) is 1. The molecule has 2 aromatic carbocycles. The molecular formula is C19H17FN2O3. The van der Waals surface area contributed by atoms with Gasteiger partial charge in [-0.25, -0.2) is 4.39 Å². The van der Waals surface area contributed by atoms with E-state index in [4.69, 9.17) is 5.73 Å². The summed E-state index contributed by atoms with van der Waals surface area (Å²) in [6.07, 6.45) is 0. The molecule has 0 aliphatic carbocycles. The summed E-state index contributed by atoms with van der Waals surface area (Å²) in [5, 5.41) is 10.7. The molecule has 0 radical (unpaired) electrons. The number of aliphatic hydroxyl groups is 1. The summed E-state index contributed by atoms with van der Waals surface area (Å²) in [6.45, 7) is 0.314. The third kappa shape index (κ3) is 3.04. The normalized spacial score (nSPS) is 19.4. The number of likely N-dealkylation sites (tertiary alicyclic amines) is 1. The third-order valence-corrected chi connectivity index (χ3v) is 4.14. The van der Waals surface area contributed by atoms with E-state index in [1.165, 1.54) is 29.2 Å². The molecule has 0 aromatic heterocycles. The molecule has 128 valence electrons. The van der Waals surface area contributed by atoms with E-state index < -0.39 is 23.5 Å². The van der Waals surface area contributed by atoms with Crippen molar-refractivity contribution in [1.29, 1.82) is 0 Å². The molecule has 1 saturated heterocycles. The maximum absolute atomic E-state index is 13.3. The van der Waals surface area contributed by atoms with Crippen molar-refractivity contribution in [2.24, 2.45) is 5.73 Å². The molecule has 1 unspecified atom stereocenters. The van der Waals surface area contributed by atoms with Gasteiger partial charge in [-0.2, -0.15) is 0 Å². The first-order valence-corrected chi connectivity index (χ1v) is 7.84. The summed E-state index contributed by atoms with van der Waals surface area (Å²) in [6, 6.07) is 13.2. The fourth-order valence-corrected chi connectivity index (χ4v) is 2.99. The Kier molecular flexibility index (Phi) is 4.63. The van der Waals surface area contributed by atoms with Crippen molar-refractivity contribution >= 4 is 17.4 Å². The SMILES string of the molecule is NCCN1C(=O)C(=O)/C(=C(\O)c2ccccc2)C1c1ccc(F)cc1. The standard InChI is InChI=1S/C19H17FN2O3/c20-14-8-6-12(7-9-14)16-15(17(23)13-4-2-1-3-5-13)18(24)19(25)22(16)11-10-21/h1-9,16,23H,10-11,21H2/b17-15-. The number of halogens is 1. The Hall–Kier alpha value is -2.99. The molecule has 6 heteroatoms. The van der Waals surface area contributed by atoms with E-state index >= 15 is 0 Å². The number of carbonyl (C=O) groups excluding carboxylic acids is 2. The summed E-state index contributed by atoms with van der Waals surface area (Å²) in [4.78, 5) is 26.2. The van der Waals surface area contributed by atoms with Gasteiger partial charge in [0, 0.05) is 18.7 Å². The maximum atomic E-state index is 13.3. The largest absolute Gasteiger partial charge is 0.507 e. The van der Waals surface area contributed by atoms with Crippen molar-refractivity contribution in [1.82, 2.24) is 4.90 Å². The minimum atomic E-state index is -0.802. The molecule has 3 rings (SSSR count). The Morgan fingerprint density at radius 2 is 1.72 bits per heavy atom. The number of carbonyl (C=O) groups is 2. The molecule has 1 amide bonds. The molecule has 1 aliphatic rings. The van der Waals surface area contributed by atoms with Crippen LogP contribution in [0.4, 0.5) is 4.39 Å². The summed E-state index contributed by atoms with van der Waals surface area (Å²) >= 11 is 0. The summed E-state index contributed by atoms with van der Waals surface area (Å²) in [7, 11) is 0. The Morgan fingerprint density at radius 1 is 1.08 bits per heavy atom. The number of hydrogen-bond donors (Lipinski definition) is 2. The van der Waals surface area contributed by atoms with Gasteiger partial charge in [0.05, 0.1) is 11.6 Å². The van der Waals surface area contributed by atoms with Gasteiger partial charge in [-0.05, 0) is 17.7 Å². The third-order valence-electron chi connectivity index (χ3n) is 4.14. The van der Waals surface area contributed by atoms with Crippen LogP contribution < -0.4 is 5.73 Å². The second-order valence-electron chi connectivity index (χ2n) is 5.70. The van der Waals surface area contributed by atoms with Crippen molar-refractivity contribution in [2.75, 3.05) is 13.1 Å². The van der Waals surface area contributed by atoms with Gasteiger partial charge in [-0.3, -0.25) is 9.59 Å². The average molecular weight is 340 g/mol. The van der Waals surface area contributed by atoms with Gasteiger partial charge in [0.2, 0.25) is 0 Å². The first-order chi connectivity index (χ1) is 12.0. The Balaban J connectivity index is 2.18. The molecule has 0 spiro atoms. The van der Waals surface area contributed by atoms with E-state index in [0.29, 0.717) is 11.1 Å². The van der Waals surface area contributed by atoms with Crippen LogP contribution in [-0.2, 0) is 9.59 Å². The number of hydrogen-bond acceptors (Lipinski definition) is 4. The summed E-state index contributed by atoms with van der Waals surface area (Å²) in [5.41, 5.74) is 6.52. The van der Waals surface area contributed by atoms with E-state index in [1.54, 1.807) is 30.3 Å². The van der Waals surface area contributed by atoms with Crippen molar-refractivity contribution in [3.05, 3.63) is 77.1 Å². The van der Waals surface area contributed by atoms with Crippen LogP contribution in [0.5, 0.6) is 0 Å². The molecule has 1 aliphatic heterocycles. The first-order valence-electron chi connectivity index (χ1n) is 7.84. The maximum Gasteiger partial charge on any atom is 0.295 e. The molecule has 25 heavy (non-hydrogen) atoms. The fourth-order valence-electron chi connectivity index (χ4n) is 2.99. The zero-order valence-corrected chi connectivity index (χ0v) is 13.4. The smallest absolute Gasteiger partial charge is 0.295 e. The van der Waals surface area contributed by atoms with Gasteiger partial charge >= 0.3 is 0 Å². The predicted octanol–water partition coefficient (Wildman–Crippen LogP) is 2.21. The van der Waals surface area contributed by atoms with Crippen molar-refractivity contribution in [2.45, 2.75) is 6.04 Å². The number of rotatable bonds is 4. The molecule has 1 atom stereocenters. The fraction of sp³-hybridized carbons (Fsp3) is 0.158. The van der Waals surface area contributed by atoms with Gasteiger partial charge in [-0.1, -0.05) is 42.5 Å². The highest BCUT2D eigenvalue weighted by molar-refractivity contribution is 6.46. The lowest BCUT2D eigenvalue weighted by atomic mass is 9.95. The van der Waals surface area contributed by atoms with E-state index in [1.807, 2.05) is 0 Å². The zero-order chi connectivity index (χ0) is 18.0. The van der Waals surface area contributed by atoms with Crippen LogP contribution in [0.2, 0.25) is 0 Å². The number of aliphatic hydroxyl groups excluding tert-OH is 1. The Labute approximate surface area is 144 Å². The Morgan fingerprint density at radius 3 is 2.32 bits per heavy atom. The molecule has 0 bridgehead atoms. The lowest BCUT2D eigenvalue weighted by molar-refractivity contribution is -0.139. The number of nitrogens with zero attached hydrogens (tertiary/aromatic N) is 1. The highest BCUT2D eigenvalue weighted by atomic mass is 19.1. The lowest BCUT2D eigenvalue weighted by Crippen LogP contribution is -2.34. The van der Waals surface area contributed by atoms with Crippen LogP contribution in [0.25, 0.3) is 5.76 Å². The first kappa shape index (κ1) is 16.9. The van der Waals surface area contributed by atoms with Gasteiger partial charge < -0.3 is 15.7 Å². The van der Waals surface area contributed by atoms with Crippen LogP contribution in [-0.4, -0.2) is 34.8 Å². The summed E-state index contributed by atoms with van der Waals surface area (Å²) in [5.74, 6) is -2.18. The topological polar surface area (TPSA) is 83.6 Å². The zero-order valence-electron chi connectivity index (χ0n) is 13.4. The number of benzene rings is 2. The monoisotopic (exact) mass is 340 g/mol. The highest BCUT2D eigenvalue weighted by Gasteiger charge is 2.45. The second-order valence-corrected chi connectivity index (χ2v) is 5.70. The van der Waals surface area contributed by atoms with Crippen molar-refractivity contribution in [3.63, 3.8) is 0 Å². The van der Waals surface area contributed by atoms with Gasteiger partial charge in [-0.15, -0.1) is 0 Å². The van der Waals surface area contributed by atoms with E-state index in [-0.39, 0.29) is 24.4 Å². The van der Waals surface area contributed by atoms with Crippen molar-refractivity contribution < 1.29 is 19.1 Å². The van der Waals surface area contributed by atoms with Crippen LogP contribution >= 0.6 is 0 Å². The van der Waals surface area contributed by atoms with E-state index in [0.717, 1.165) is 0 Å². The van der Waals surface area contributed by atoms with Gasteiger partial charge in [0.25, 0.3) is 11.7 Å². The number of amides is 1. The molecule has 0 saturated carbocycles. The van der Waals surface area contributed by atoms with Crippen LogP contribution in [0.3, 0.4) is 0 Å². The van der Waals surface area contributed by atoms with Gasteiger partial charge in [0.1, 0.15) is 11.6 Å². The second kappa shape index (κ2) is 6.86. The molecule has 1 heterocycles. The average Bonchev–Trinajstić information content (AvgIpc) is 2.88.